The molecule has 0 bridgehead atoms. The summed E-state index contributed by atoms with van der Waals surface area (Å²) in [7, 11) is 0. The number of nitriles is 1. The number of carbonyl (C=O) groups excluding carboxylic acids is 3. The number of rotatable bonds is 13. The average molecular weight is 648 g/mol. The molecule has 12 nitrogen and oxygen atoms in total. The summed E-state index contributed by atoms with van der Waals surface area (Å²) < 4.78 is 6.03. The van der Waals surface area contributed by atoms with Gasteiger partial charge in [-0.15, -0.1) is 0 Å². The summed E-state index contributed by atoms with van der Waals surface area (Å²) in [5.41, 5.74) is 5.43. The molecule has 0 aliphatic heterocycles. The van der Waals surface area contributed by atoms with Crippen LogP contribution in [-0.2, 0) is 20.9 Å². The van der Waals surface area contributed by atoms with Crippen LogP contribution in [0.4, 0.5) is 5.82 Å². The number of carbonyl (C=O) groups is 3. The number of aryl methyl sites for hydroxylation is 1. The molecular weight excluding hydrogens is 610 g/mol. The lowest BCUT2D eigenvalue weighted by Gasteiger charge is -2.40. The second kappa shape index (κ2) is 15.3. The van der Waals surface area contributed by atoms with Crippen molar-refractivity contribution < 1.29 is 24.2 Å². The maximum Gasteiger partial charge on any atom is 0.262 e. The Morgan fingerprint density at radius 3 is 2.43 bits per heavy atom. The Balaban J connectivity index is 1.98. The van der Waals surface area contributed by atoms with E-state index in [1.165, 1.54) is 25.4 Å². The number of halogens is 1. The molecule has 242 valence electrons. The first kappa shape index (κ1) is 35.5. The third-order valence-corrected chi connectivity index (χ3v) is 7.08. The normalized spacial score (nSPS) is 14.2. The maximum atomic E-state index is 13.9. The van der Waals surface area contributed by atoms with E-state index in [4.69, 9.17) is 22.1 Å². The fraction of sp³-hybridized carbons (Fsp3) is 0.333. The number of anilines is 1. The van der Waals surface area contributed by atoms with Gasteiger partial charge >= 0.3 is 0 Å². The molecule has 0 saturated heterocycles. The maximum absolute atomic E-state index is 13.9. The van der Waals surface area contributed by atoms with Gasteiger partial charge in [0.2, 0.25) is 11.8 Å². The number of primary amides is 1. The number of ether oxygens (including phenoxy) is 1. The molecule has 2 unspecified atom stereocenters. The highest BCUT2D eigenvalue weighted by molar-refractivity contribution is 6.29. The molecule has 3 amide bonds. The number of amides is 3. The quantitative estimate of drug-likeness (QED) is 0.137. The molecule has 2 aromatic carbocycles. The summed E-state index contributed by atoms with van der Waals surface area (Å²) in [5, 5.41) is 29.0. The zero-order valence-corrected chi connectivity index (χ0v) is 27.1. The minimum absolute atomic E-state index is 0.00313. The molecule has 0 radical (unpaired) electrons. The van der Waals surface area contributed by atoms with Gasteiger partial charge in [-0.3, -0.25) is 19.4 Å². The zero-order chi connectivity index (χ0) is 34.1. The minimum atomic E-state index is -2.13. The lowest BCUT2D eigenvalue weighted by atomic mass is 9.78. The Bertz CT molecular complexity index is 1630. The Hall–Kier alpha value is -4.99. The molecule has 0 spiro atoms. The van der Waals surface area contributed by atoms with Gasteiger partial charge in [-0.05, 0) is 64.0 Å². The summed E-state index contributed by atoms with van der Waals surface area (Å²) >= 11 is 6.01. The van der Waals surface area contributed by atoms with Crippen molar-refractivity contribution in [3.05, 3.63) is 88.3 Å². The van der Waals surface area contributed by atoms with Crippen LogP contribution in [-0.4, -0.2) is 56.6 Å². The average Bonchev–Trinajstić information content (AvgIpc) is 2.98. The van der Waals surface area contributed by atoms with Gasteiger partial charge in [0.05, 0.1) is 18.5 Å². The molecule has 0 aliphatic carbocycles. The lowest BCUT2D eigenvalue weighted by molar-refractivity contribution is -0.139. The molecule has 1 aromatic heterocycles. The number of aliphatic hydroxyl groups excluding tert-OH is 1. The van der Waals surface area contributed by atoms with Crippen LogP contribution in [0.1, 0.15) is 44.4 Å². The van der Waals surface area contributed by atoms with Crippen molar-refractivity contribution in [3.8, 4) is 11.8 Å². The van der Waals surface area contributed by atoms with Crippen molar-refractivity contribution in [1.82, 2.24) is 20.6 Å². The van der Waals surface area contributed by atoms with E-state index in [-0.39, 0.29) is 28.8 Å². The van der Waals surface area contributed by atoms with Crippen LogP contribution in [0, 0.1) is 24.2 Å². The van der Waals surface area contributed by atoms with Gasteiger partial charge in [0.25, 0.3) is 5.91 Å². The predicted molar refractivity (Wildman–Crippen MR) is 174 cm³/mol. The smallest absolute Gasteiger partial charge is 0.262 e. The van der Waals surface area contributed by atoms with E-state index in [1.807, 2.05) is 37.3 Å². The molecule has 6 N–H and O–H groups in total. The molecular formula is C33H38ClN7O5. The largest absolute Gasteiger partial charge is 0.493 e. The van der Waals surface area contributed by atoms with Gasteiger partial charge in [-0.2, -0.15) is 5.26 Å². The number of benzene rings is 2. The fourth-order valence-corrected chi connectivity index (χ4v) is 4.71. The summed E-state index contributed by atoms with van der Waals surface area (Å²) in [6.07, 6.45) is 2.43. The molecule has 1 heterocycles. The van der Waals surface area contributed by atoms with Crippen LogP contribution in [0.2, 0.25) is 5.15 Å². The standard InChI is InChI=1S/C33H38ClN7O5/c1-20-9-11-22(12-10-20)16-38-30(44)26(33(21(2)42,31(36)45)40-28-18-37-17-27(34)39-28)19-46-25-8-6-7-23(14-25)13-24(15-35)29(43)41-32(3,4)5/h6-14,17-18,21,26,42H,16,19H2,1-5H3,(H2,36,45)(H,38,44)(H,39,40)(H,41,43)/t21?,26-,33?/m0/s1. The SMILES string of the molecule is Cc1ccc(CNC(=O)[C@H](COc2cccc(C=C(C#N)C(=O)NC(C)(C)C)c2)C(Nc2cncc(Cl)n2)(C(N)=O)C(C)O)cc1. The highest BCUT2D eigenvalue weighted by Crippen LogP contribution is 2.29. The molecule has 3 aromatic rings. The van der Waals surface area contributed by atoms with Crippen molar-refractivity contribution in [1.29, 1.82) is 5.26 Å². The number of nitrogens with zero attached hydrogens (tertiary/aromatic N) is 3. The summed E-state index contributed by atoms with van der Waals surface area (Å²) in [5.74, 6) is -3.40. The summed E-state index contributed by atoms with van der Waals surface area (Å²) in [4.78, 5) is 47.7. The first-order valence-corrected chi connectivity index (χ1v) is 14.8. The number of nitrogens with one attached hydrogen (secondary N) is 3. The fourth-order valence-electron chi connectivity index (χ4n) is 4.57. The number of aliphatic hydroxyl groups is 1. The van der Waals surface area contributed by atoms with Gasteiger partial charge in [0.1, 0.15) is 40.9 Å². The minimum Gasteiger partial charge on any atom is -0.493 e. The molecule has 0 fully saturated rings. The van der Waals surface area contributed by atoms with Crippen LogP contribution in [0.25, 0.3) is 6.08 Å². The third kappa shape index (κ3) is 9.50. The van der Waals surface area contributed by atoms with Gasteiger partial charge in [-0.1, -0.05) is 53.6 Å². The van der Waals surface area contributed by atoms with Gasteiger partial charge < -0.3 is 31.5 Å². The number of aromatic nitrogens is 2. The second-order valence-corrected chi connectivity index (χ2v) is 12.2. The summed E-state index contributed by atoms with van der Waals surface area (Å²) in [6, 6.07) is 15.9. The van der Waals surface area contributed by atoms with Crippen molar-refractivity contribution >= 4 is 41.2 Å². The van der Waals surface area contributed by atoms with E-state index in [2.05, 4.69) is 25.9 Å². The van der Waals surface area contributed by atoms with Crippen LogP contribution in [0.15, 0.2) is 66.5 Å². The lowest BCUT2D eigenvalue weighted by Crippen LogP contribution is -2.67. The number of hydrogen-bond acceptors (Lipinski definition) is 9. The van der Waals surface area contributed by atoms with Crippen molar-refractivity contribution in [3.63, 3.8) is 0 Å². The summed E-state index contributed by atoms with van der Waals surface area (Å²) in [6.45, 7) is 8.34. The van der Waals surface area contributed by atoms with E-state index in [1.54, 1.807) is 45.0 Å². The second-order valence-electron chi connectivity index (χ2n) is 11.8. The topological polar surface area (TPSA) is 192 Å². The Morgan fingerprint density at radius 1 is 1.15 bits per heavy atom. The molecule has 13 heteroatoms. The van der Waals surface area contributed by atoms with E-state index < -0.39 is 47.4 Å². The van der Waals surface area contributed by atoms with Crippen molar-refractivity contribution in [2.75, 3.05) is 11.9 Å². The Morgan fingerprint density at radius 2 is 1.85 bits per heavy atom. The van der Waals surface area contributed by atoms with Crippen LogP contribution < -0.4 is 26.4 Å². The molecule has 0 saturated carbocycles. The first-order valence-electron chi connectivity index (χ1n) is 14.4. The van der Waals surface area contributed by atoms with E-state index in [9.17, 15) is 24.8 Å². The molecule has 0 aliphatic rings. The number of hydrogen-bond donors (Lipinski definition) is 5. The van der Waals surface area contributed by atoms with Gasteiger partial charge in [0, 0.05) is 12.1 Å². The monoisotopic (exact) mass is 647 g/mol. The van der Waals surface area contributed by atoms with E-state index in [0.717, 1.165) is 11.1 Å². The van der Waals surface area contributed by atoms with E-state index >= 15 is 0 Å². The molecule has 3 rings (SSSR count). The van der Waals surface area contributed by atoms with Gasteiger partial charge in [0.15, 0.2) is 5.54 Å². The Labute approximate surface area is 273 Å². The van der Waals surface area contributed by atoms with Gasteiger partial charge in [-0.25, -0.2) is 4.98 Å². The van der Waals surface area contributed by atoms with E-state index in [0.29, 0.717) is 5.56 Å². The molecule has 46 heavy (non-hydrogen) atoms. The molecule has 3 atom stereocenters. The van der Waals surface area contributed by atoms with Crippen molar-refractivity contribution in [2.24, 2.45) is 11.7 Å². The highest BCUT2D eigenvalue weighted by Gasteiger charge is 2.53. The highest BCUT2D eigenvalue weighted by atomic mass is 35.5. The first-order chi connectivity index (χ1) is 21.6. The zero-order valence-electron chi connectivity index (χ0n) is 26.3. The van der Waals surface area contributed by atoms with Crippen LogP contribution in [0.3, 0.4) is 0 Å². The van der Waals surface area contributed by atoms with Crippen LogP contribution >= 0.6 is 11.6 Å². The Kier molecular flexibility index (Phi) is 11.8. The van der Waals surface area contributed by atoms with Crippen LogP contribution in [0.5, 0.6) is 5.75 Å². The number of nitrogens with two attached hydrogens (primary N) is 1. The predicted octanol–water partition coefficient (Wildman–Crippen LogP) is 3.29. The third-order valence-electron chi connectivity index (χ3n) is 6.90. The van der Waals surface area contributed by atoms with Crippen molar-refractivity contribution in [2.45, 2.75) is 58.3 Å².